The third-order valence-corrected chi connectivity index (χ3v) is 5.12. The van der Waals surface area contributed by atoms with Crippen molar-refractivity contribution in [3.05, 3.63) is 51.5 Å². The molecule has 6 nitrogen and oxygen atoms in total. The van der Waals surface area contributed by atoms with Crippen molar-refractivity contribution in [2.45, 2.75) is 24.3 Å². The SMILES string of the molecule is COc1c(Cl)cc(/C=N\NC(=O)c2ccc3nc(SC(C)C)[nH]c3c2)cc1Cl. The van der Waals surface area contributed by atoms with Gasteiger partial charge in [-0.3, -0.25) is 4.79 Å². The highest BCUT2D eigenvalue weighted by molar-refractivity contribution is 7.99. The third-order valence-electron chi connectivity index (χ3n) is 3.67. The third kappa shape index (κ3) is 4.79. The lowest BCUT2D eigenvalue weighted by Crippen LogP contribution is -2.17. The lowest BCUT2D eigenvalue weighted by molar-refractivity contribution is 0.0955. The van der Waals surface area contributed by atoms with Gasteiger partial charge in [0.2, 0.25) is 0 Å². The van der Waals surface area contributed by atoms with Crippen LogP contribution < -0.4 is 10.2 Å². The van der Waals surface area contributed by atoms with Crippen LogP contribution in [0.2, 0.25) is 10.0 Å². The zero-order valence-electron chi connectivity index (χ0n) is 15.4. The van der Waals surface area contributed by atoms with Gasteiger partial charge in [0.15, 0.2) is 10.9 Å². The van der Waals surface area contributed by atoms with Crippen LogP contribution in [0.1, 0.15) is 29.8 Å². The number of nitrogens with one attached hydrogen (secondary N) is 2. The summed E-state index contributed by atoms with van der Waals surface area (Å²) in [5, 5.41) is 5.94. The molecule has 1 heterocycles. The lowest BCUT2D eigenvalue weighted by atomic mass is 10.2. The summed E-state index contributed by atoms with van der Waals surface area (Å²) >= 11 is 13.8. The molecule has 0 atom stereocenters. The van der Waals surface area contributed by atoms with Gasteiger partial charge in [0.1, 0.15) is 0 Å². The van der Waals surface area contributed by atoms with Crippen LogP contribution in [-0.2, 0) is 0 Å². The molecule has 146 valence electrons. The highest BCUT2D eigenvalue weighted by Gasteiger charge is 2.10. The van der Waals surface area contributed by atoms with E-state index in [-0.39, 0.29) is 5.91 Å². The number of fused-ring (bicyclic) bond motifs is 1. The number of H-pyrrole nitrogens is 1. The zero-order chi connectivity index (χ0) is 20.3. The quantitative estimate of drug-likeness (QED) is 0.318. The van der Waals surface area contributed by atoms with Gasteiger partial charge in [0, 0.05) is 10.8 Å². The molecular weight excluding hydrogens is 419 g/mol. The van der Waals surface area contributed by atoms with E-state index in [9.17, 15) is 4.79 Å². The topological polar surface area (TPSA) is 79.4 Å². The number of rotatable bonds is 6. The Bertz CT molecular complexity index is 1030. The van der Waals surface area contributed by atoms with E-state index in [1.54, 1.807) is 42.1 Å². The number of amides is 1. The monoisotopic (exact) mass is 436 g/mol. The first-order valence-electron chi connectivity index (χ1n) is 8.40. The van der Waals surface area contributed by atoms with Gasteiger partial charge in [-0.2, -0.15) is 5.10 Å². The first-order chi connectivity index (χ1) is 13.4. The smallest absolute Gasteiger partial charge is 0.271 e. The number of thioether (sulfide) groups is 1. The highest BCUT2D eigenvalue weighted by Crippen LogP contribution is 2.33. The molecule has 2 aromatic carbocycles. The zero-order valence-corrected chi connectivity index (χ0v) is 17.7. The van der Waals surface area contributed by atoms with Gasteiger partial charge in [0.25, 0.3) is 5.91 Å². The van der Waals surface area contributed by atoms with Crippen LogP contribution in [0, 0.1) is 0 Å². The second kappa shape index (κ2) is 8.86. The van der Waals surface area contributed by atoms with E-state index in [0.717, 1.165) is 16.2 Å². The van der Waals surface area contributed by atoms with Crippen molar-refractivity contribution in [1.29, 1.82) is 0 Å². The Balaban J connectivity index is 1.71. The van der Waals surface area contributed by atoms with Crippen LogP contribution >= 0.6 is 35.0 Å². The highest BCUT2D eigenvalue weighted by atomic mass is 35.5. The average Bonchev–Trinajstić information content (AvgIpc) is 3.01. The number of imidazole rings is 1. The van der Waals surface area contributed by atoms with Gasteiger partial charge >= 0.3 is 0 Å². The number of nitrogens with zero attached hydrogens (tertiary/aromatic N) is 2. The first-order valence-corrected chi connectivity index (χ1v) is 10.0. The number of halogens is 2. The molecule has 0 bridgehead atoms. The fourth-order valence-electron chi connectivity index (χ4n) is 2.49. The molecule has 0 radical (unpaired) electrons. The molecule has 1 aromatic heterocycles. The Kier molecular flexibility index (Phi) is 6.49. The largest absolute Gasteiger partial charge is 0.494 e. The second-order valence-electron chi connectivity index (χ2n) is 6.16. The van der Waals surface area contributed by atoms with Crippen molar-refractivity contribution < 1.29 is 9.53 Å². The standard InChI is InChI=1S/C19H18Cl2N4O2S/c1-10(2)28-19-23-15-5-4-12(8-16(15)24-19)18(26)25-22-9-11-6-13(20)17(27-3)14(21)7-11/h4-10H,1-3H3,(H,23,24)(H,25,26)/b22-9-. The van der Waals surface area contributed by atoms with Crippen LogP contribution in [0.5, 0.6) is 5.75 Å². The van der Waals surface area contributed by atoms with E-state index in [0.29, 0.717) is 32.2 Å². The Hall–Kier alpha value is -2.22. The van der Waals surface area contributed by atoms with Gasteiger partial charge in [-0.05, 0) is 35.9 Å². The molecule has 0 spiro atoms. The maximum atomic E-state index is 12.4. The van der Waals surface area contributed by atoms with Crippen molar-refractivity contribution in [3.8, 4) is 5.75 Å². The molecule has 0 unspecified atom stereocenters. The summed E-state index contributed by atoms with van der Waals surface area (Å²) < 4.78 is 5.10. The van der Waals surface area contributed by atoms with Crippen LogP contribution in [0.3, 0.4) is 0 Å². The van der Waals surface area contributed by atoms with Crippen molar-refractivity contribution in [2.24, 2.45) is 5.10 Å². The van der Waals surface area contributed by atoms with Crippen molar-refractivity contribution in [3.63, 3.8) is 0 Å². The summed E-state index contributed by atoms with van der Waals surface area (Å²) in [5.41, 5.74) is 5.21. The number of aromatic nitrogens is 2. The molecule has 3 rings (SSSR count). The number of hydrogen-bond acceptors (Lipinski definition) is 5. The molecule has 0 fully saturated rings. The van der Waals surface area contributed by atoms with Crippen molar-refractivity contribution in [1.82, 2.24) is 15.4 Å². The lowest BCUT2D eigenvalue weighted by Gasteiger charge is -2.06. The molecule has 0 saturated carbocycles. The van der Waals surface area contributed by atoms with Crippen molar-refractivity contribution >= 4 is 58.1 Å². The summed E-state index contributed by atoms with van der Waals surface area (Å²) in [6.07, 6.45) is 1.46. The predicted molar refractivity (Wildman–Crippen MR) is 115 cm³/mol. The molecule has 0 saturated heterocycles. The Morgan fingerprint density at radius 2 is 2.00 bits per heavy atom. The van der Waals surface area contributed by atoms with Gasteiger partial charge in [-0.25, -0.2) is 10.4 Å². The van der Waals surface area contributed by atoms with E-state index in [1.807, 2.05) is 0 Å². The molecule has 0 aliphatic rings. The van der Waals surface area contributed by atoms with Crippen molar-refractivity contribution in [2.75, 3.05) is 7.11 Å². The Labute approximate surface area is 176 Å². The van der Waals surface area contributed by atoms with Gasteiger partial charge in [-0.15, -0.1) is 0 Å². The van der Waals surface area contributed by atoms with Gasteiger partial charge in [-0.1, -0.05) is 48.8 Å². The molecule has 28 heavy (non-hydrogen) atoms. The van der Waals surface area contributed by atoms with Crippen LogP contribution in [0.4, 0.5) is 0 Å². The summed E-state index contributed by atoms with van der Waals surface area (Å²) in [6.45, 7) is 4.19. The fraction of sp³-hybridized carbons (Fsp3) is 0.211. The minimum absolute atomic E-state index is 0.337. The number of hydrogen-bond donors (Lipinski definition) is 2. The van der Waals surface area contributed by atoms with E-state index in [1.165, 1.54) is 13.3 Å². The average molecular weight is 437 g/mol. The molecule has 0 aliphatic heterocycles. The summed E-state index contributed by atoms with van der Waals surface area (Å²) in [5.74, 6) is 0.0592. The summed E-state index contributed by atoms with van der Waals surface area (Å²) in [6, 6.07) is 8.55. The molecule has 9 heteroatoms. The maximum absolute atomic E-state index is 12.4. The van der Waals surface area contributed by atoms with E-state index < -0.39 is 0 Å². The van der Waals surface area contributed by atoms with Crippen LogP contribution in [0.15, 0.2) is 40.6 Å². The molecule has 1 amide bonds. The first kappa shape index (κ1) is 20.5. The minimum Gasteiger partial charge on any atom is -0.494 e. The second-order valence-corrected chi connectivity index (χ2v) is 8.54. The van der Waals surface area contributed by atoms with Crippen LogP contribution in [0.25, 0.3) is 11.0 Å². The molecule has 2 N–H and O–H groups in total. The normalized spacial score (nSPS) is 11.5. The Morgan fingerprint density at radius 1 is 1.29 bits per heavy atom. The Morgan fingerprint density at radius 3 is 2.64 bits per heavy atom. The summed E-state index contributed by atoms with van der Waals surface area (Å²) in [4.78, 5) is 20.1. The van der Waals surface area contributed by atoms with E-state index in [2.05, 4.69) is 34.3 Å². The number of hydrazone groups is 1. The number of ether oxygens (including phenoxy) is 1. The van der Waals surface area contributed by atoms with Crippen LogP contribution in [-0.4, -0.2) is 34.4 Å². The summed E-state index contributed by atoms with van der Waals surface area (Å²) in [7, 11) is 1.49. The maximum Gasteiger partial charge on any atom is 0.271 e. The number of aromatic amines is 1. The number of methoxy groups -OCH3 is 1. The number of carbonyl (C=O) groups is 1. The number of carbonyl (C=O) groups excluding carboxylic acids is 1. The van der Waals surface area contributed by atoms with E-state index >= 15 is 0 Å². The molecule has 3 aromatic rings. The number of benzene rings is 2. The molecular formula is C19H18Cl2N4O2S. The predicted octanol–water partition coefficient (Wildman–Crippen LogP) is 5.14. The minimum atomic E-state index is -0.337. The fourth-order valence-corrected chi connectivity index (χ4v) is 3.91. The van der Waals surface area contributed by atoms with Gasteiger partial charge in [0.05, 0.1) is 34.4 Å². The van der Waals surface area contributed by atoms with Gasteiger partial charge < -0.3 is 9.72 Å². The molecule has 0 aliphatic carbocycles. The van der Waals surface area contributed by atoms with E-state index in [4.69, 9.17) is 27.9 Å².